The molecule has 0 amide bonds. The largest absolute Gasteiger partial charge is 0.304 e. The molecule has 23 heavy (non-hydrogen) atoms. The Morgan fingerprint density at radius 2 is 1.87 bits per heavy atom. The summed E-state index contributed by atoms with van der Waals surface area (Å²) >= 11 is 0. The van der Waals surface area contributed by atoms with Gasteiger partial charge in [-0.2, -0.15) is 5.10 Å². The number of halogens is 2. The van der Waals surface area contributed by atoms with Gasteiger partial charge in [0, 0.05) is 45.2 Å². The van der Waals surface area contributed by atoms with E-state index in [1.54, 1.807) is 6.92 Å². The van der Waals surface area contributed by atoms with Crippen molar-refractivity contribution < 1.29 is 8.78 Å². The van der Waals surface area contributed by atoms with Gasteiger partial charge in [-0.25, -0.2) is 18.4 Å². The van der Waals surface area contributed by atoms with Gasteiger partial charge in [0.25, 0.3) is 0 Å². The molecule has 5 nitrogen and oxygen atoms in total. The molecule has 1 saturated heterocycles. The van der Waals surface area contributed by atoms with Gasteiger partial charge in [0.1, 0.15) is 23.2 Å². The molecule has 0 aliphatic carbocycles. The monoisotopic (exact) mass is 321 g/mol. The van der Waals surface area contributed by atoms with Gasteiger partial charge in [-0.15, -0.1) is 0 Å². The summed E-state index contributed by atoms with van der Waals surface area (Å²) in [6.45, 7) is 6.78. The lowest BCUT2D eigenvalue weighted by molar-refractivity contribution is 0.154. The third kappa shape index (κ3) is 3.73. The van der Waals surface area contributed by atoms with E-state index in [9.17, 15) is 8.78 Å². The molecule has 124 valence electrons. The molecule has 1 aliphatic heterocycles. The maximum Gasteiger partial charge on any atom is 0.151 e. The molecule has 2 aromatic rings. The van der Waals surface area contributed by atoms with Crippen LogP contribution in [0.4, 0.5) is 8.78 Å². The zero-order chi connectivity index (χ0) is 16.4. The standard InChI is InChI=1S/C16H21F2N5/c1-12-19-16(5-6-22-9-7-21(2)8-10-22)23(20-12)15-4-3-13(17)11-14(15)18/h3-4,11H,5-10H2,1-2H3. The second-order valence-electron chi connectivity index (χ2n) is 5.98. The number of rotatable bonds is 4. The molecule has 0 saturated carbocycles. The van der Waals surface area contributed by atoms with Crippen molar-refractivity contribution in [2.45, 2.75) is 13.3 Å². The van der Waals surface area contributed by atoms with Crippen LogP contribution in [-0.4, -0.2) is 64.3 Å². The van der Waals surface area contributed by atoms with Gasteiger partial charge >= 0.3 is 0 Å². The Hall–Kier alpha value is -1.86. The molecule has 7 heteroatoms. The van der Waals surface area contributed by atoms with Crippen molar-refractivity contribution in [3.63, 3.8) is 0 Å². The van der Waals surface area contributed by atoms with Crippen LogP contribution in [0.25, 0.3) is 5.69 Å². The molecule has 2 heterocycles. The predicted molar refractivity (Wildman–Crippen MR) is 83.7 cm³/mol. The number of hydrogen-bond donors (Lipinski definition) is 0. The third-order valence-corrected chi connectivity index (χ3v) is 4.17. The first-order chi connectivity index (χ1) is 11.0. The smallest absolute Gasteiger partial charge is 0.151 e. The number of aromatic nitrogens is 3. The molecule has 1 aromatic heterocycles. The van der Waals surface area contributed by atoms with E-state index in [1.807, 2.05) is 0 Å². The molecule has 0 bridgehead atoms. The van der Waals surface area contributed by atoms with Gasteiger partial charge in [-0.1, -0.05) is 0 Å². The summed E-state index contributed by atoms with van der Waals surface area (Å²) in [5.41, 5.74) is 0.236. The van der Waals surface area contributed by atoms with Gasteiger partial charge in [0.15, 0.2) is 5.82 Å². The lowest BCUT2D eigenvalue weighted by atomic mass is 10.2. The van der Waals surface area contributed by atoms with E-state index in [0.29, 0.717) is 18.1 Å². The van der Waals surface area contributed by atoms with Crippen LogP contribution in [0.2, 0.25) is 0 Å². The van der Waals surface area contributed by atoms with Crippen molar-refractivity contribution >= 4 is 0 Å². The SMILES string of the molecule is Cc1nc(CCN2CCN(C)CC2)n(-c2ccc(F)cc2F)n1. The van der Waals surface area contributed by atoms with Crippen LogP contribution >= 0.6 is 0 Å². The van der Waals surface area contributed by atoms with Crippen molar-refractivity contribution in [3.8, 4) is 5.69 Å². The number of nitrogens with zero attached hydrogens (tertiary/aromatic N) is 5. The van der Waals surface area contributed by atoms with E-state index in [1.165, 1.54) is 16.8 Å². The summed E-state index contributed by atoms with van der Waals surface area (Å²) in [4.78, 5) is 9.08. The Balaban J connectivity index is 1.75. The Kier molecular flexibility index (Phi) is 4.68. The van der Waals surface area contributed by atoms with Crippen molar-refractivity contribution in [2.24, 2.45) is 0 Å². The highest BCUT2D eigenvalue weighted by Crippen LogP contribution is 2.16. The number of likely N-dealkylation sites (N-methyl/N-ethyl adjacent to an activating group) is 1. The Bertz CT molecular complexity index is 677. The molecule has 0 unspecified atom stereocenters. The minimum Gasteiger partial charge on any atom is -0.304 e. The van der Waals surface area contributed by atoms with E-state index in [4.69, 9.17) is 0 Å². The van der Waals surface area contributed by atoms with Crippen LogP contribution in [0.5, 0.6) is 0 Å². The minimum atomic E-state index is -0.629. The van der Waals surface area contributed by atoms with Gasteiger partial charge in [0.2, 0.25) is 0 Å². The first-order valence-corrected chi connectivity index (χ1v) is 7.82. The summed E-state index contributed by atoms with van der Waals surface area (Å²) in [6.07, 6.45) is 0.682. The average Bonchev–Trinajstić information content (AvgIpc) is 2.87. The molecule has 0 spiro atoms. The van der Waals surface area contributed by atoms with Crippen molar-refractivity contribution in [3.05, 3.63) is 41.5 Å². The highest BCUT2D eigenvalue weighted by Gasteiger charge is 2.17. The zero-order valence-electron chi connectivity index (χ0n) is 13.5. The first-order valence-electron chi connectivity index (χ1n) is 7.82. The maximum absolute atomic E-state index is 14.0. The van der Waals surface area contributed by atoms with Crippen LogP contribution in [-0.2, 0) is 6.42 Å². The molecular weight excluding hydrogens is 300 g/mol. The second kappa shape index (κ2) is 6.72. The Morgan fingerprint density at radius 3 is 2.57 bits per heavy atom. The van der Waals surface area contributed by atoms with Crippen LogP contribution in [0, 0.1) is 18.6 Å². The lowest BCUT2D eigenvalue weighted by Gasteiger charge is -2.32. The van der Waals surface area contributed by atoms with Crippen LogP contribution < -0.4 is 0 Å². The van der Waals surface area contributed by atoms with Gasteiger partial charge < -0.3 is 9.80 Å². The highest BCUT2D eigenvalue weighted by molar-refractivity contribution is 5.33. The lowest BCUT2D eigenvalue weighted by Crippen LogP contribution is -2.45. The fraction of sp³-hybridized carbons (Fsp3) is 0.500. The summed E-state index contributed by atoms with van der Waals surface area (Å²) in [5.74, 6) is 0.0619. The van der Waals surface area contributed by atoms with Gasteiger partial charge in [-0.3, -0.25) is 0 Å². The number of hydrogen-bond acceptors (Lipinski definition) is 4. The summed E-state index contributed by atoms with van der Waals surface area (Å²) in [6, 6.07) is 3.51. The van der Waals surface area contributed by atoms with Crippen LogP contribution in [0.15, 0.2) is 18.2 Å². The van der Waals surface area contributed by atoms with Crippen molar-refractivity contribution in [1.82, 2.24) is 24.6 Å². The fourth-order valence-electron chi connectivity index (χ4n) is 2.80. The third-order valence-electron chi connectivity index (χ3n) is 4.17. The quantitative estimate of drug-likeness (QED) is 0.858. The second-order valence-corrected chi connectivity index (χ2v) is 5.98. The normalized spacial score (nSPS) is 16.9. The minimum absolute atomic E-state index is 0.236. The van der Waals surface area contributed by atoms with E-state index in [0.717, 1.165) is 38.8 Å². The van der Waals surface area contributed by atoms with Crippen molar-refractivity contribution in [2.75, 3.05) is 39.8 Å². The van der Waals surface area contributed by atoms with E-state index >= 15 is 0 Å². The van der Waals surface area contributed by atoms with Crippen LogP contribution in [0.1, 0.15) is 11.6 Å². The molecule has 1 fully saturated rings. The number of benzene rings is 1. The maximum atomic E-state index is 14.0. The van der Waals surface area contributed by atoms with E-state index < -0.39 is 11.6 Å². The van der Waals surface area contributed by atoms with E-state index in [2.05, 4.69) is 26.9 Å². The topological polar surface area (TPSA) is 37.2 Å². The van der Waals surface area contributed by atoms with E-state index in [-0.39, 0.29) is 5.69 Å². The molecule has 3 rings (SSSR count). The van der Waals surface area contributed by atoms with Crippen LogP contribution in [0.3, 0.4) is 0 Å². The number of aryl methyl sites for hydroxylation is 1. The summed E-state index contributed by atoms with van der Waals surface area (Å²) in [7, 11) is 2.12. The van der Waals surface area contributed by atoms with Crippen molar-refractivity contribution in [1.29, 1.82) is 0 Å². The molecular formula is C16H21F2N5. The first kappa shape index (κ1) is 16.0. The molecule has 0 radical (unpaired) electrons. The molecule has 0 N–H and O–H groups in total. The molecule has 0 atom stereocenters. The highest BCUT2D eigenvalue weighted by atomic mass is 19.1. The van der Waals surface area contributed by atoms with Gasteiger partial charge in [0.05, 0.1) is 0 Å². The number of piperazine rings is 1. The van der Waals surface area contributed by atoms with Gasteiger partial charge in [-0.05, 0) is 26.1 Å². The molecule has 1 aliphatic rings. The Morgan fingerprint density at radius 1 is 1.13 bits per heavy atom. The average molecular weight is 321 g/mol. The zero-order valence-corrected chi connectivity index (χ0v) is 13.5. The Labute approximate surface area is 134 Å². The molecule has 1 aromatic carbocycles. The summed E-state index contributed by atoms with van der Waals surface area (Å²) in [5, 5.41) is 4.26. The fourth-order valence-corrected chi connectivity index (χ4v) is 2.80. The summed E-state index contributed by atoms with van der Waals surface area (Å²) < 4.78 is 28.6. The predicted octanol–water partition coefficient (Wildman–Crippen LogP) is 1.64.